The Hall–Kier alpha value is 0.507. The standard InChI is InChI=1S/C6H13ClSi/c1-3-4-8-5-6(2)7/h6H,3-5H2,1-2H3. The van der Waals surface area contributed by atoms with Crippen LogP contribution in [-0.4, -0.2) is 14.9 Å². The van der Waals surface area contributed by atoms with Crippen LogP contribution in [0.5, 0.6) is 0 Å². The molecule has 0 N–H and O–H groups in total. The second kappa shape index (κ2) is 5.64. The Kier molecular flexibility index (Phi) is 6.00. The highest BCUT2D eigenvalue weighted by atomic mass is 35.5. The Morgan fingerprint density at radius 2 is 2.25 bits per heavy atom. The van der Waals surface area contributed by atoms with Crippen LogP contribution in [-0.2, 0) is 0 Å². The van der Waals surface area contributed by atoms with Crippen LogP contribution in [0.1, 0.15) is 20.3 Å². The summed E-state index contributed by atoms with van der Waals surface area (Å²) in [6.07, 6.45) is 1.31. The highest BCUT2D eigenvalue weighted by Gasteiger charge is 1.94. The quantitative estimate of drug-likeness (QED) is 0.327. The molecule has 0 aromatic heterocycles. The second-order valence-corrected chi connectivity index (χ2v) is 4.14. The molecule has 1 atom stereocenters. The van der Waals surface area contributed by atoms with E-state index in [1.54, 1.807) is 0 Å². The van der Waals surface area contributed by atoms with Gasteiger partial charge < -0.3 is 0 Å². The molecule has 0 amide bonds. The van der Waals surface area contributed by atoms with Crippen molar-refractivity contribution in [3.8, 4) is 0 Å². The van der Waals surface area contributed by atoms with Crippen molar-refractivity contribution in [2.45, 2.75) is 37.7 Å². The summed E-state index contributed by atoms with van der Waals surface area (Å²) in [5.41, 5.74) is 0. The van der Waals surface area contributed by atoms with Gasteiger partial charge in [-0.15, -0.1) is 11.6 Å². The van der Waals surface area contributed by atoms with E-state index in [2.05, 4.69) is 13.8 Å². The predicted octanol–water partition coefficient (Wildman–Crippen LogP) is 2.56. The molecule has 2 radical (unpaired) electrons. The maximum Gasteiger partial charge on any atom is 0.0393 e. The molecule has 0 heterocycles. The van der Waals surface area contributed by atoms with E-state index in [4.69, 9.17) is 11.6 Å². The Morgan fingerprint density at radius 3 is 2.62 bits per heavy atom. The van der Waals surface area contributed by atoms with Gasteiger partial charge >= 0.3 is 0 Å². The molecule has 2 heteroatoms. The highest BCUT2D eigenvalue weighted by molar-refractivity contribution is 6.38. The monoisotopic (exact) mass is 148 g/mol. The fourth-order valence-electron chi connectivity index (χ4n) is 0.478. The smallest absolute Gasteiger partial charge is 0.0393 e. The predicted molar refractivity (Wildman–Crippen MR) is 41.0 cm³/mol. The van der Waals surface area contributed by atoms with E-state index in [0.717, 1.165) is 9.52 Å². The Morgan fingerprint density at radius 1 is 1.62 bits per heavy atom. The molecule has 0 rings (SSSR count). The first-order valence-corrected chi connectivity index (χ1v) is 4.97. The molecule has 0 aliphatic rings. The topological polar surface area (TPSA) is 0 Å². The molecule has 0 aromatic rings. The zero-order valence-corrected chi connectivity index (χ0v) is 7.33. The Labute approximate surface area is 59.4 Å². The van der Waals surface area contributed by atoms with E-state index in [0.29, 0.717) is 5.38 Å². The van der Waals surface area contributed by atoms with E-state index in [1.165, 1.54) is 18.5 Å². The third-order valence-corrected chi connectivity index (χ3v) is 3.02. The van der Waals surface area contributed by atoms with Crippen molar-refractivity contribution in [2.24, 2.45) is 0 Å². The molecule has 0 saturated heterocycles. The molecule has 8 heavy (non-hydrogen) atoms. The number of hydrogen-bond donors (Lipinski definition) is 0. The zero-order chi connectivity index (χ0) is 6.41. The fourth-order valence-corrected chi connectivity index (χ4v) is 1.76. The van der Waals surface area contributed by atoms with Crippen LogP contribution in [0.25, 0.3) is 0 Å². The molecular weight excluding hydrogens is 136 g/mol. The molecule has 0 spiro atoms. The summed E-state index contributed by atoms with van der Waals surface area (Å²) in [4.78, 5) is 0. The number of hydrogen-bond acceptors (Lipinski definition) is 0. The van der Waals surface area contributed by atoms with Crippen LogP contribution in [0, 0.1) is 0 Å². The third-order valence-electron chi connectivity index (χ3n) is 0.852. The Bertz CT molecular complexity index is 45.8. The molecular formula is C6H13ClSi. The molecule has 0 aliphatic heterocycles. The van der Waals surface area contributed by atoms with Crippen LogP contribution < -0.4 is 0 Å². The summed E-state index contributed by atoms with van der Waals surface area (Å²) in [5.74, 6) is 0. The van der Waals surface area contributed by atoms with E-state index in [1.807, 2.05) is 0 Å². The van der Waals surface area contributed by atoms with Gasteiger partial charge in [-0.05, 0) is 13.0 Å². The van der Waals surface area contributed by atoms with Crippen LogP contribution >= 0.6 is 11.6 Å². The van der Waals surface area contributed by atoms with Gasteiger partial charge in [-0.3, -0.25) is 0 Å². The van der Waals surface area contributed by atoms with E-state index in [-0.39, 0.29) is 0 Å². The SMILES string of the molecule is CCC[Si]CC(C)Cl. The van der Waals surface area contributed by atoms with Gasteiger partial charge in [0, 0.05) is 14.9 Å². The number of halogens is 1. The minimum absolute atomic E-state index is 0.389. The van der Waals surface area contributed by atoms with Gasteiger partial charge in [0.15, 0.2) is 0 Å². The van der Waals surface area contributed by atoms with Crippen molar-refractivity contribution >= 4 is 21.1 Å². The summed E-state index contributed by atoms with van der Waals surface area (Å²) in [6, 6.07) is 2.56. The van der Waals surface area contributed by atoms with Gasteiger partial charge in [0.25, 0.3) is 0 Å². The number of alkyl halides is 1. The van der Waals surface area contributed by atoms with E-state index < -0.39 is 0 Å². The summed E-state index contributed by atoms with van der Waals surface area (Å²) in [6.45, 7) is 4.27. The maximum atomic E-state index is 5.72. The summed E-state index contributed by atoms with van der Waals surface area (Å²) < 4.78 is 0. The summed E-state index contributed by atoms with van der Waals surface area (Å²) in [7, 11) is 1.08. The van der Waals surface area contributed by atoms with Crippen molar-refractivity contribution in [3.63, 3.8) is 0 Å². The van der Waals surface area contributed by atoms with Crippen LogP contribution in [0.2, 0.25) is 12.1 Å². The van der Waals surface area contributed by atoms with Crippen LogP contribution in [0.15, 0.2) is 0 Å². The van der Waals surface area contributed by atoms with Crippen molar-refractivity contribution in [3.05, 3.63) is 0 Å². The first-order valence-electron chi connectivity index (χ1n) is 3.12. The van der Waals surface area contributed by atoms with Gasteiger partial charge in [-0.25, -0.2) is 0 Å². The zero-order valence-electron chi connectivity index (χ0n) is 5.58. The third kappa shape index (κ3) is 6.51. The molecule has 0 aliphatic carbocycles. The second-order valence-electron chi connectivity index (χ2n) is 1.98. The maximum absolute atomic E-state index is 5.72. The number of rotatable bonds is 4. The highest BCUT2D eigenvalue weighted by Crippen LogP contribution is 2.01. The van der Waals surface area contributed by atoms with Crippen LogP contribution in [0.3, 0.4) is 0 Å². The minimum Gasteiger partial charge on any atom is -0.124 e. The molecule has 48 valence electrons. The average molecular weight is 149 g/mol. The van der Waals surface area contributed by atoms with Crippen molar-refractivity contribution in [1.82, 2.24) is 0 Å². The molecule has 0 aromatic carbocycles. The molecule has 0 bridgehead atoms. The average Bonchev–Trinajstić information content (AvgIpc) is 1.66. The van der Waals surface area contributed by atoms with E-state index in [9.17, 15) is 0 Å². The first kappa shape index (κ1) is 8.51. The van der Waals surface area contributed by atoms with Crippen molar-refractivity contribution in [2.75, 3.05) is 0 Å². The molecule has 1 unspecified atom stereocenters. The summed E-state index contributed by atoms with van der Waals surface area (Å²) in [5, 5.41) is 0.389. The molecule has 0 saturated carbocycles. The first-order chi connectivity index (χ1) is 3.77. The molecule has 0 fully saturated rings. The van der Waals surface area contributed by atoms with Gasteiger partial charge in [0.05, 0.1) is 0 Å². The lowest BCUT2D eigenvalue weighted by Gasteiger charge is -1.97. The van der Waals surface area contributed by atoms with Gasteiger partial charge in [-0.2, -0.15) is 0 Å². The van der Waals surface area contributed by atoms with Crippen LogP contribution in [0.4, 0.5) is 0 Å². The lowest BCUT2D eigenvalue weighted by atomic mass is 10.6. The molecule has 0 nitrogen and oxygen atoms in total. The Balaban J connectivity index is 2.72. The summed E-state index contributed by atoms with van der Waals surface area (Å²) >= 11 is 5.72. The van der Waals surface area contributed by atoms with Gasteiger partial charge in [-0.1, -0.05) is 19.4 Å². The van der Waals surface area contributed by atoms with Crippen molar-refractivity contribution in [1.29, 1.82) is 0 Å². The lowest BCUT2D eigenvalue weighted by molar-refractivity contribution is 1.03. The largest absolute Gasteiger partial charge is 0.124 e. The van der Waals surface area contributed by atoms with Gasteiger partial charge in [0.1, 0.15) is 0 Å². The van der Waals surface area contributed by atoms with Crippen molar-refractivity contribution < 1.29 is 0 Å². The normalized spacial score (nSPS) is 13.9. The minimum atomic E-state index is 0.389. The van der Waals surface area contributed by atoms with Gasteiger partial charge in [0.2, 0.25) is 0 Å². The fraction of sp³-hybridized carbons (Fsp3) is 1.00. The van der Waals surface area contributed by atoms with E-state index >= 15 is 0 Å². The lowest BCUT2D eigenvalue weighted by Crippen LogP contribution is -1.96.